The number of imidazole rings is 1. The van der Waals surface area contributed by atoms with E-state index < -0.39 is 23.4 Å². The van der Waals surface area contributed by atoms with Crippen molar-refractivity contribution in [3.8, 4) is 22.6 Å². The number of benzene rings is 3. The molecule has 0 spiro atoms. The smallest absolute Gasteiger partial charge is 0.335 e. The molecule has 1 unspecified atom stereocenters. The molecule has 3 aromatic carbocycles. The van der Waals surface area contributed by atoms with Crippen LogP contribution in [0.25, 0.3) is 22.2 Å². The van der Waals surface area contributed by atoms with Gasteiger partial charge in [-0.1, -0.05) is 23.7 Å². The molecule has 3 heterocycles. The number of hydrogen-bond donors (Lipinski definition) is 1. The standard InChI is InChI=1S/C31H24ClF2N3O5/c1-31(27-9-7-19(32)16-35-27)41-26-5-3-4-20(29(26)42-31)18-12-22(33)21(23(34)13-18)15-28-36-24-8-6-17(30(38)39)14-25(24)37(28)10-11-40-2/h3-9,12-14,16H,10-11,15H2,1-2H3,(H,38,39). The maximum atomic E-state index is 15.6. The minimum atomic E-state index is -1.26. The normalized spacial score (nSPS) is 15.8. The molecule has 11 heteroatoms. The van der Waals surface area contributed by atoms with Crippen LogP contribution in [0.1, 0.15) is 34.4 Å². The summed E-state index contributed by atoms with van der Waals surface area (Å²) in [6.45, 7) is 2.32. The van der Waals surface area contributed by atoms with Crippen LogP contribution in [0.2, 0.25) is 5.02 Å². The molecule has 0 bridgehead atoms. The monoisotopic (exact) mass is 591 g/mol. The Kier molecular flexibility index (Phi) is 7.04. The predicted octanol–water partition coefficient (Wildman–Crippen LogP) is 6.61. The highest BCUT2D eigenvalue weighted by Gasteiger charge is 2.41. The van der Waals surface area contributed by atoms with Crippen molar-refractivity contribution in [3.05, 3.63) is 106 Å². The number of carbonyl (C=O) groups is 1. The Morgan fingerprint density at radius 1 is 1.10 bits per heavy atom. The van der Waals surface area contributed by atoms with Crippen LogP contribution in [0.3, 0.4) is 0 Å². The number of pyridine rings is 1. The van der Waals surface area contributed by atoms with Crippen molar-refractivity contribution < 1.29 is 32.9 Å². The lowest BCUT2D eigenvalue weighted by Crippen LogP contribution is -2.32. The second-order valence-electron chi connectivity index (χ2n) is 9.92. The van der Waals surface area contributed by atoms with Crippen LogP contribution in [0, 0.1) is 11.6 Å². The minimum absolute atomic E-state index is 0.0823. The molecule has 0 radical (unpaired) electrons. The van der Waals surface area contributed by atoms with Gasteiger partial charge in [0.25, 0.3) is 5.79 Å². The lowest BCUT2D eigenvalue weighted by atomic mass is 10.00. The van der Waals surface area contributed by atoms with Crippen molar-refractivity contribution in [1.82, 2.24) is 14.5 Å². The number of fused-ring (bicyclic) bond motifs is 2. The fourth-order valence-corrected chi connectivity index (χ4v) is 5.17. The molecule has 1 atom stereocenters. The molecule has 0 fully saturated rings. The zero-order valence-electron chi connectivity index (χ0n) is 22.5. The topological polar surface area (TPSA) is 95.7 Å². The summed E-state index contributed by atoms with van der Waals surface area (Å²) >= 11 is 5.97. The lowest BCUT2D eigenvalue weighted by molar-refractivity contribution is -0.0715. The molecule has 214 valence electrons. The van der Waals surface area contributed by atoms with Gasteiger partial charge in [0.15, 0.2) is 11.5 Å². The number of methoxy groups -OCH3 is 1. The van der Waals surface area contributed by atoms with E-state index in [9.17, 15) is 9.90 Å². The first kappa shape index (κ1) is 27.6. The molecular formula is C31H24ClF2N3O5. The summed E-state index contributed by atoms with van der Waals surface area (Å²) in [5.74, 6) is -2.76. The fourth-order valence-electron chi connectivity index (χ4n) is 5.06. The van der Waals surface area contributed by atoms with Gasteiger partial charge in [-0.2, -0.15) is 0 Å². The van der Waals surface area contributed by atoms with Crippen LogP contribution in [0.4, 0.5) is 8.78 Å². The van der Waals surface area contributed by atoms with Crippen LogP contribution in [-0.2, 0) is 23.5 Å². The molecule has 0 amide bonds. The van der Waals surface area contributed by atoms with Crippen molar-refractivity contribution in [3.63, 3.8) is 0 Å². The third-order valence-electron chi connectivity index (χ3n) is 7.15. The summed E-state index contributed by atoms with van der Waals surface area (Å²) in [6.07, 6.45) is 1.32. The molecule has 1 aliphatic heterocycles. The number of para-hydroxylation sites is 1. The molecule has 5 aromatic rings. The van der Waals surface area contributed by atoms with Crippen molar-refractivity contribution in [2.75, 3.05) is 13.7 Å². The average Bonchev–Trinajstić information content (AvgIpc) is 3.50. The van der Waals surface area contributed by atoms with Crippen LogP contribution < -0.4 is 9.47 Å². The van der Waals surface area contributed by atoms with E-state index in [-0.39, 0.29) is 23.1 Å². The zero-order chi connectivity index (χ0) is 29.6. The minimum Gasteiger partial charge on any atom is -0.478 e. The van der Waals surface area contributed by atoms with Crippen molar-refractivity contribution >= 4 is 28.6 Å². The highest BCUT2D eigenvalue weighted by molar-refractivity contribution is 6.30. The zero-order valence-corrected chi connectivity index (χ0v) is 23.3. The molecule has 8 nitrogen and oxygen atoms in total. The number of aromatic carboxylic acids is 1. The molecule has 1 aliphatic rings. The first-order chi connectivity index (χ1) is 20.2. The predicted molar refractivity (Wildman–Crippen MR) is 151 cm³/mol. The van der Waals surface area contributed by atoms with Crippen molar-refractivity contribution in [2.24, 2.45) is 0 Å². The first-order valence-corrected chi connectivity index (χ1v) is 13.4. The highest BCUT2D eigenvalue weighted by Crippen LogP contribution is 2.49. The molecule has 0 saturated heterocycles. The van der Waals surface area contributed by atoms with Crippen LogP contribution in [0.15, 0.2) is 66.9 Å². The maximum Gasteiger partial charge on any atom is 0.335 e. The van der Waals surface area contributed by atoms with Gasteiger partial charge in [0, 0.05) is 44.3 Å². The van der Waals surface area contributed by atoms with E-state index >= 15 is 8.78 Å². The van der Waals surface area contributed by atoms with Gasteiger partial charge in [0.1, 0.15) is 23.2 Å². The Bertz CT molecular complexity index is 1820. The van der Waals surface area contributed by atoms with Crippen molar-refractivity contribution in [2.45, 2.75) is 25.7 Å². The molecule has 42 heavy (non-hydrogen) atoms. The van der Waals surface area contributed by atoms with Gasteiger partial charge < -0.3 is 23.9 Å². The van der Waals surface area contributed by atoms with E-state index in [1.54, 1.807) is 47.9 Å². The lowest BCUT2D eigenvalue weighted by Gasteiger charge is -2.22. The van der Waals surface area contributed by atoms with Gasteiger partial charge in [-0.25, -0.2) is 18.6 Å². The van der Waals surface area contributed by atoms with E-state index in [4.69, 9.17) is 25.8 Å². The summed E-state index contributed by atoms with van der Waals surface area (Å²) in [4.78, 5) is 20.4. The Labute approximate surface area is 244 Å². The number of carboxylic acid groups (broad SMARTS) is 1. The largest absolute Gasteiger partial charge is 0.478 e. The summed E-state index contributed by atoms with van der Waals surface area (Å²) in [5, 5.41) is 9.88. The second-order valence-corrected chi connectivity index (χ2v) is 10.4. The van der Waals surface area contributed by atoms with Crippen LogP contribution >= 0.6 is 11.6 Å². The highest BCUT2D eigenvalue weighted by atomic mass is 35.5. The third-order valence-corrected chi connectivity index (χ3v) is 7.38. The number of rotatable bonds is 8. The fraction of sp³-hybridized carbons (Fsp3) is 0.194. The summed E-state index contributed by atoms with van der Waals surface area (Å²) in [6, 6.07) is 15.5. The summed E-state index contributed by atoms with van der Waals surface area (Å²) in [5.41, 5.74) is 2.15. The maximum absolute atomic E-state index is 15.6. The van der Waals surface area contributed by atoms with E-state index in [2.05, 4.69) is 9.97 Å². The quantitative estimate of drug-likeness (QED) is 0.217. The molecule has 2 aromatic heterocycles. The number of nitrogens with zero attached hydrogens (tertiary/aromatic N) is 3. The van der Waals surface area contributed by atoms with Crippen LogP contribution in [0.5, 0.6) is 11.5 Å². The molecule has 0 saturated carbocycles. The summed E-state index contributed by atoms with van der Waals surface area (Å²) in [7, 11) is 1.53. The first-order valence-electron chi connectivity index (χ1n) is 13.0. The van der Waals surface area contributed by atoms with Gasteiger partial charge in [0.2, 0.25) is 0 Å². The Balaban J connectivity index is 1.35. The Morgan fingerprint density at radius 3 is 2.57 bits per heavy atom. The second kappa shape index (κ2) is 10.7. The van der Waals surface area contributed by atoms with Crippen molar-refractivity contribution in [1.29, 1.82) is 0 Å². The number of aromatic nitrogens is 3. The SMILES string of the molecule is COCCn1c(Cc2c(F)cc(-c3cccc4c3OC(C)(c3ccc(Cl)cn3)O4)cc2F)nc2ccc(C(=O)O)cc21. The van der Waals surface area contributed by atoms with Gasteiger partial charge in [-0.15, -0.1) is 0 Å². The third kappa shape index (κ3) is 4.93. The number of carboxylic acids is 1. The molecule has 1 N–H and O–H groups in total. The molecule has 6 rings (SSSR count). The molecular weight excluding hydrogens is 568 g/mol. The van der Waals surface area contributed by atoms with Gasteiger partial charge in [-0.05, 0) is 54.1 Å². The Hall–Kier alpha value is -4.54. The number of ether oxygens (including phenoxy) is 3. The van der Waals surface area contributed by atoms with E-state index in [0.29, 0.717) is 57.8 Å². The average molecular weight is 592 g/mol. The van der Waals surface area contributed by atoms with E-state index in [1.165, 1.54) is 37.6 Å². The van der Waals surface area contributed by atoms with E-state index in [0.717, 1.165) is 0 Å². The number of halogens is 3. The van der Waals surface area contributed by atoms with Gasteiger partial charge >= 0.3 is 5.97 Å². The summed E-state index contributed by atoms with van der Waals surface area (Å²) < 4.78 is 50.4. The number of hydrogen-bond acceptors (Lipinski definition) is 6. The van der Waals surface area contributed by atoms with Gasteiger partial charge in [-0.3, -0.25) is 4.98 Å². The Morgan fingerprint density at radius 2 is 1.88 bits per heavy atom. The molecule has 0 aliphatic carbocycles. The van der Waals surface area contributed by atoms with E-state index in [1.807, 2.05) is 0 Å². The van der Waals surface area contributed by atoms with Crippen LogP contribution in [-0.4, -0.2) is 39.3 Å². The van der Waals surface area contributed by atoms with Gasteiger partial charge in [0.05, 0.1) is 28.2 Å².